The lowest BCUT2D eigenvalue weighted by Crippen LogP contribution is -2.47. The summed E-state index contributed by atoms with van der Waals surface area (Å²) < 4.78 is 1.93. The number of benzene rings is 1. The van der Waals surface area contributed by atoms with E-state index in [1.54, 1.807) is 36.9 Å². The van der Waals surface area contributed by atoms with Gasteiger partial charge in [-0.3, -0.25) is 9.59 Å². The van der Waals surface area contributed by atoms with Gasteiger partial charge in [-0.15, -0.1) is 0 Å². The summed E-state index contributed by atoms with van der Waals surface area (Å²) in [5, 5.41) is 6.99. The SMILES string of the molecule is CC(=O)Nc1ccc(C(=O)N2C3CCC2CC(n2cncn2)C3)cc1. The Balaban J connectivity index is 1.49. The molecule has 7 nitrogen and oxygen atoms in total. The zero-order valence-electron chi connectivity index (χ0n) is 14.1. The van der Waals surface area contributed by atoms with E-state index in [4.69, 9.17) is 0 Å². The first-order valence-electron chi connectivity index (χ1n) is 8.66. The zero-order valence-corrected chi connectivity index (χ0v) is 14.1. The van der Waals surface area contributed by atoms with Crippen molar-refractivity contribution in [1.29, 1.82) is 0 Å². The molecule has 7 heteroatoms. The van der Waals surface area contributed by atoms with Crippen LogP contribution in [0.4, 0.5) is 5.69 Å². The second-order valence-corrected chi connectivity index (χ2v) is 6.86. The first-order chi connectivity index (χ1) is 12.1. The fourth-order valence-electron chi connectivity index (χ4n) is 4.15. The van der Waals surface area contributed by atoms with Gasteiger partial charge < -0.3 is 10.2 Å². The quantitative estimate of drug-likeness (QED) is 0.930. The van der Waals surface area contributed by atoms with Crippen molar-refractivity contribution in [2.24, 2.45) is 0 Å². The molecule has 4 rings (SSSR count). The van der Waals surface area contributed by atoms with Crippen molar-refractivity contribution < 1.29 is 9.59 Å². The fraction of sp³-hybridized carbons (Fsp3) is 0.444. The van der Waals surface area contributed by atoms with E-state index in [0.717, 1.165) is 25.7 Å². The van der Waals surface area contributed by atoms with Crippen molar-refractivity contribution in [3.63, 3.8) is 0 Å². The standard InChI is InChI=1S/C18H21N5O2/c1-12(24)21-14-4-2-13(3-5-14)18(25)23-15-6-7-16(23)9-17(8-15)22-11-19-10-20-22/h2-5,10-11,15-17H,6-9H2,1H3,(H,21,24). The third-order valence-corrected chi connectivity index (χ3v) is 5.21. The Morgan fingerprint density at radius 3 is 2.32 bits per heavy atom. The average molecular weight is 339 g/mol. The van der Waals surface area contributed by atoms with Crippen LogP contribution in [0.3, 0.4) is 0 Å². The normalized spacial score (nSPS) is 25.0. The van der Waals surface area contributed by atoms with E-state index in [1.165, 1.54) is 6.92 Å². The monoisotopic (exact) mass is 339 g/mol. The van der Waals surface area contributed by atoms with Crippen LogP contribution in [0, 0.1) is 0 Å². The molecule has 2 saturated heterocycles. The van der Waals surface area contributed by atoms with Gasteiger partial charge in [0, 0.05) is 30.3 Å². The second kappa shape index (κ2) is 6.31. The summed E-state index contributed by atoms with van der Waals surface area (Å²) in [6, 6.07) is 7.97. The summed E-state index contributed by atoms with van der Waals surface area (Å²) in [4.78, 5) is 30.2. The number of anilines is 1. The number of nitrogens with zero attached hydrogens (tertiary/aromatic N) is 4. The minimum atomic E-state index is -0.118. The van der Waals surface area contributed by atoms with Gasteiger partial charge in [-0.25, -0.2) is 9.67 Å². The number of hydrogen-bond acceptors (Lipinski definition) is 4. The van der Waals surface area contributed by atoms with Crippen molar-refractivity contribution in [3.8, 4) is 0 Å². The maximum Gasteiger partial charge on any atom is 0.254 e. The van der Waals surface area contributed by atoms with Crippen molar-refractivity contribution in [3.05, 3.63) is 42.5 Å². The highest BCUT2D eigenvalue weighted by Crippen LogP contribution is 2.41. The molecule has 1 aromatic carbocycles. The van der Waals surface area contributed by atoms with Gasteiger partial charge in [0.1, 0.15) is 12.7 Å². The first-order valence-corrected chi connectivity index (χ1v) is 8.66. The molecule has 2 bridgehead atoms. The molecule has 2 unspecified atom stereocenters. The molecular formula is C18H21N5O2. The molecule has 1 N–H and O–H groups in total. The summed E-state index contributed by atoms with van der Waals surface area (Å²) in [7, 11) is 0. The molecule has 3 heterocycles. The maximum absolute atomic E-state index is 13.0. The van der Waals surface area contributed by atoms with Gasteiger partial charge in [0.2, 0.25) is 5.91 Å². The Bertz CT molecular complexity index is 757. The van der Waals surface area contributed by atoms with Gasteiger partial charge in [-0.1, -0.05) is 0 Å². The van der Waals surface area contributed by atoms with Crippen LogP contribution < -0.4 is 5.32 Å². The molecule has 0 spiro atoms. The van der Waals surface area contributed by atoms with E-state index in [-0.39, 0.29) is 23.9 Å². The van der Waals surface area contributed by atoms with Gasteiger partial charge in [-0.05, 0) is 49.9 Å². The number of hydrogen-bond donors (Lipinski definition) is 1. The predicted octanol–water partition coefficient (Wildman–Crippen LogP) is 2.24. The summed E-state index contributed by atoms with van der Waals surface area (Å²) in [5.41, 5.74) is 1.38. The topological polar surface area (TPSA) is 80.1 Å². The molecule has 2 fully saturated rings. The molecule has 2 aromatic rings. The zero-order chi connectivity index (χ0) is 17.4. The Labute approximate surface area is 146 Å². The largest absolute Gasteiger partial charge is 0.333 e. The second-order valence-electron chi connectivity index (χ2n) is 6.86. The smallest absolute Gasteiger partial charge is 0.254 e. The molecule has 2 amide bonds. The van der Waals surface area contributed by atoms with Crippen LogP contribution in [0.25, 0.3) is 0 Å². The third-order valence-electron chi connectivity index (χ3n) is 5.21. The Kier molecular flexibility index (Phi) is 3.99. The van der Waals surface area contributed by atoms with Gasteiger partial charge in [0.25, 0.3) is 5.91 Å². The Morgan fingerprint density at radius 2 is 1.76 bits per heavy atom. The van der Waals surface area contributed by atoms with Crippen molar-refractivity contribution >= 4 is 17.5 Å². The fourth-order valence-corrected chi connectivity index (χ4v) is 4.15. The van der Waals surface area contributed by atoms with Gasteiger partial charge in [0.05, 0.1) is 6.04 Å². The molecule has 2 aliphatic rings. The van der Waals surface area contributed by atoms with E-state index in [0.29, 0.717) is 17.3 Å². The lowest BCUT2D eigenvalue weighted by atomic mass is 9.96. The number of carbonyl (C=O) groups is 2. The van der Waals surface area contributed by atoms with Crippen LogP contribution in [0.15, 0.2) is 36.9 Å². The van der Waals surface area contributed by atoms with Crippen molar-refractivity contribution in [1.82, 2.24) is 19.7 Å². The molecule has 1 aromatic heterocycles. The first kappa shape index (κ1) is 15.8. The van der Waals surface area contributed by atoms with Crippen LogP contribution in [0.2, 0.25) is 0 Å². The minimum Gasteiger partial charge on any atom is -0.333 e. The summed E-state index contributed by atoms with van der Waals surface area (Å²) in [6.07, 6.45) is 7.28. The molecule has 0 saturated carbocycles. The molecule has 0 aliphatic carbocycles. The number of fused-ring (bicyclic) bond motifs is 2. The van der Waals surface area contributed by atoms with Crippen LogP contribution >= 0.6 is 0 Å². The van der Waals surface area contributed by atoms with Crippen molar-refractivity contribution in [2.45, 2.75) is 50.7 Å². The van der Waals surface area contributed by atoms with Gasteiger partial charge >= 0.3 is 0 Å². The van der Waals surface area contributed by atoms with Crippen LogP contribution in [0.5, 0.6) is 0 Å². The summed E-state index contributed by atoms with van der Waals surface area (Å²) in [5.74, 6) is -0.0359. The highest BCUT2D eigenvalue weighted by atomic mass is 16.2. The molecule has 130 valence electrons. The van der Waals surface area contributed by atoms with Crippen LogP contribution in [0.1, 0.15) is 49.0 Å². The molecule has 2 aliphatic heterocycles. The number of nitrogens with one attached hydrogen (secondary N) is 1. The molecule has 25 heavy (non-hydrogen) atoms. The van der Waals surface area contributed by atoms with E-state index >= 15 is 0 Å². The highest BCUT2D eigenvalue weighted by molar-refractivity contribution is 5.96. The highest BCUT2D eigenvalue weighted by Gasteiger charge is 2.44. The third kappa shape index (κ3) is 3.01. The Hall–Kier alpha value is -2.70. The predicted molar refractivity (Wildman–Crippen MR) is 92.0 cm³/mol. The summed E-state index contributed by atoms with van der Waals surface area (Å²) in [6.45, 7) is 1.47. The number of aromatic nitrogens is 3. The molecule has 0 radical (unpaired) electrons. The van der Waals surface area contributed by atoms with E-state index in [1.807, 2.05) is 4.68 Å². The number of piperidine rings is 1. The van der Waals surface area contributed by atoms with E-state index in [2.05, 4.69) is 20.3 Å². The van der Waals surface area contributed by atoms with Crippen LogP contribution in [-0.4, -0.2) is 43.6 Å². The molecular weight excluding hydrogens is 318 g/mol. The average Bonchev–Trinajstić information content (AvgIpc) is 3.21. The number of carbonyl (C=O) groups excluding carboxylic acids is 2. The maximum atomic E-state index is 13.0. The molecule has 2 atom stereocenters. The van der Waals surface area contributed by atoms with Crippen LogP contribution in [-0.2, 0) is 4.79 Å². The minimum absolute atomic E-state index is 0.0823. The summed E-state index contributed by atoms with van der Waals surface area (Å²) >= 11 is 0. The van der Waals surface area contributed by atoms with Gasteiger partial charge in [0.15, 0.2) is 0 Å². The van der Waals surface area contributed by atoms with E-state index < -0.39 is 0 Å². The van der Waals surface area contributed by atoms with Gasteiger partial charge in [-0.2, -0.15) is 5.10 Å². The lowest BCUT2D eigenvalue weighted by Gasteiger charge is -2.39. The Morgan fingerprint density at radius 1 is 1.08 bits per heavy atom. The number of amides is 2. The lowest BCUT2D eigenvalue weighted by molar-refractivity contribution is -0.114. The number of rotatable bonds is 3. The van der Waals surface area contributed by atoms with E-state index in [9.17, 15) is 9.59 Å². The van der Waals surface area contributed by atoms with Crippen molar-refractivity contribution in [2.75, 3.05) is 5.32 Å².